The van der Waals surface area contributed by atoms with Crippen LogP contribution < -0.4 is 5.32 Å². The largest absolute Gasteiger partial charge is 0.361 e. The van der Waals surface area contributed by atoms with Gasteiger partial charge in [0.2, 0.25) is 5.91 Å². The third kappa shape index (κ3) is 3.72. The molecule has 0 spiro atoms. The second-order valence-electron chi connectivity index (χ2n) is 7.23. The number of hydrogen-bond acceptors (Lipinski definition) is 2. The van der Waals surface area contributed by atoms with Crippen molar-refractivity contribution in [3.05, 3.63) is 65.9 Å². The van der Waals surface area contributed by atoms with Crippen LogP contribution in [-0.4, -0.2) is 34.8 Å². The maximum absolute atomic E-state index is 12.9. The van der Waals surface area contributed by atoms with Crippen LogP contribution in [-0.2, 0) is 4.79 Å². The number of benzene rings is 2. The summed E-state index contributed by atoms with van der Waals surface area (Å²) >= 11 is 0. The first kappa shape index (κ1) is 17.3. The number of anilines is 1. The van der Waals surface area contributed by atoms with Crippen molar-refractivity contribution in [3.63, 3.8) is 0 Å². The minimum atomic E-state index is -0.182. The van der Waals surface area contributed by atoms with Gasteiger partial charge in [0.15, 0.2) is 0 Å². The van der Waals surface area contributed by atoms with Crippen molar-refractivity contribution in [2.24, 2.45) is 5.92 Å². The molecule has 138 valence electrons. The number of rotatable bonds is 3. The Morgan fingerprint density at radius 2 is 1.93 bits per heavy atom. The maximum atomic E-state index is 12.9. The number of nitrogens with one attached hydrogen (secondary N) is 2. The van der Waals surface area contributed by atoms with Gasteiger partial charge < -0.3 is 15.2 Å². The number of H-pyrrole nitrogens is 1. The molecular formula is C22H23N3O2. The van der Waals surface area contributed by atoms with E-state index in [0.717, 1.165) is 35.0 Å². The fourth-order valence-corrected chi connectivity index (χ4v) is 3.62. The summed E-state index contributed by atoms with van der Waals surface area (Å²) in [7, 11) is 0. The molecule has 1 saturated heterocycles. The molecule has 2 N–H and O–H groups in total. The molecule has 0 saturated carbocycles. The van der Waals surface area contributed by atoms with Gasteiger partial charge in [-0.25, -0.2) is 0 Å². The van der Waals surface area contributed by atoms with Gasteiger partial charge in [-0.1, -0.05) is 23.8 Å². The van der Waals surface area contributed by atoms with Crippen LogP contribution >= 0.6 is 0 Å². The van der Waals surface area contributed by atoms with Gasteiger partial charge in [0.1, 0.15) is 0 Å². The van der Waals surface area contributed by atoms with Crippen LogP contribution in [0.2, 0.25) is 0 Å². The van der Waals surface area contributed by atoms with E-state index in [9.17, 15) is 9.59 Å². The molecular weight excluding hydrogens is 338 g/mol. The van der Waals surface area contributed by atoms with E-state index < -0.39 is 0 Å². The van der Waals surface area contributed by atoms with Crippen LogP contribution in [0, 0.1) is 12.8 Å². The van der Waals surface area contributed by atoms with Gasteiger partial charge >= 0.3 is 0 Å². The van der Waals surface area contributed by atoms with Crippen molar-refractivity contribution in [3.8, 4) is 0 Å². The Hall–Kier alpha value is -3.08. The number of carbonyl (C=O) groups excluding carboxylic acids is 2. The van der Waals surface area contributed by atoms with Gasteiger partial charge in [0, 0.05) is 36.1 Å². The molecule has 4 rings (SSSR count). The summed E-state index contributed by atoms with van der Waals surface area (Å²) in [6.45, 7) is 3.16. The topological polar surface area (TPSA) is 65.2 Å². The quantitative estimate of drug-likeness (QED) is 0.741. The highest BCUT2D eigenvalue weighted by Gasteiger charge is 2.29. The zero-order valence-electron chi connectivity index (χ0n) is 15.4. The lowest BCUT2D eigenvalue weighted by Gasteiger charge is -2.32. The molecule has 3 aromatic rings. The van der Waals surface area contributed by atoms with Gasteiger partial charge in [0.25, 0.3) is 5.91 Å². The highest BCUT2D eigenvalue weighted by Crippen LogP contribution is 2.22. The van der Waals surface area contributed by atoms with Gasteiger partial charge in [-0.2, -0.15) is 0 Å². The summed E-state index contributed by atoms with van der Waals surface area (Å²) in [6.07, 6.45) is 3.50. The van der Waals surface area contributed by atoms with E-state index in [-0.39, 0.29) is 17.7 Å². The van der Waals surface area contributed by atoms with Crippen LogP contribution in [0.5, 0.6) is 0 Å². The van der Waals surface area contributed by atoms with E-state index >= 15 is 0 Å². The summed E-state index contributed by atoms with van der Waals surface area (Å²) in [5.41, 5.74) is 3.56. The molecule has 1 unspecified atom stereocenters. The standard InChI is InChI=1S/C22H23N3O2/c1-15-4-8-19(9-5-15)24-21(26)18-3-2-12-25(14-18)22(27)17-7-6-16-10-11-23-20(16)13-17/h4-11,13,18,23H,2-3,12,14H2,1H3,(H,24,26). The minimum Gasteiger partial charge on any atom is -0.361 e. The molecule has 5 heteroatoms. The first-order chi connectivity index (χ1) is 13.1. The van der Waals surface area contributed by atoms with Crippen molar-refractivity contribution in [1.82, 2.24) is 9.88 Å². The SMILES string of the molecule is Cc1ccc(NC(=O)C2CCCN(C(=O)c3ccc4cc[nH]c4c3)C2)cc1. The number of aryl methyl sites for hydroxylation is 1. The molecule has 5 nitrogen and oxygen atoms in total. The predicted octanol–water partition coefficient (Wildman–Crippen LogP) is 3.97. The van der Waals surface area contributed by atoms with Crippen LogP contribution in [0.25, 0.3) is 10.9 Å². The fraction of sp³-hybridized carbons (Fsp3) is 0.273. The smallest absolute Gasteiger partial charge is 0.253 e. The third-order valence-electron chi connectivity index (χ3n) is 5.20. The zero-order chi connectivity index (χ0) is 18.8. The summed E-state index contributed by atoms with van der Waals surface area (Å²) in [6, 6.07) is 15.4. The normalized spacial score (nSPS) is 17.1. The van der Waals surface area contributed by atoms with Crippen molar-refractivity contribution in [2.75, 3.05) is 18.4 Å². The van der Waals surface area contributed by atoms with Crippen molar-refractivity contribution >= 4 is 28.4 Å². The number of aromatic nitrogens is 1. The van der Waals surface area contributed by atoms with E-state index in [1.165, 1.54) is 0 Å². The molecule has 2 aromatic carbocycles. The van der Waals surface area contributed by atoms with Crippen molar-refractivity contribution in [1.29, 1.82) is 0 Å². The van der Waals surface area contributed by atoms with Crippen LogP contribution in [0.3, 0.4) is 0 Å². The number of amides is 2. The third-order valence-corrected chi connectivity index (χ3v) is 5.20. The molecule has 1 aliphatic heterocycles. The monoisotopic (exact) mass is 361 g/mol. The Bertz CT molecular complexity index is 975. The number of likely N-dealkylation sites (tertiary alicyclic amines) is 1. The van der Waals surface area contributed by atoms with Crippen LogP contribution in [0.1, 0.15) is 28.8 Å². The van der Waals surface area contributed by atoms with Crippen LogP contribution in [0.15, 0.2) is 54.7 Å². The Morgan fingerprint density at radius 3 is 2.74 bits per heavy atom. The average molecular weight is 361 g/mol. The summed E-state index contributed by atoms with van der Waals surface area (Å²) in [5, 5.41) is 4.06. The molecule has 27 heavy (non-hydrogen) atoms. The molecule has 1 aromatic heterocycles. The summed E-state index contributed by atoms with van der Waals surface area (Å²) in [5.74, 6) is -0.214. The fourth-order valence-electron chi connectivity index (χ4n) is 3.62. The summed E-state index contributed by atoms with van der Waals surface area (Å²) in [4.78, 5) is 30.5. The number of nitrogens with zero attached hydrogens (tertiary/aromatic N) is 1. The van der Waals surface area contributed by atoms with Gasteiger partial charge in [-0.15, -0.1) is 0 Å². The molecule has 0 radical (unpaired) electrons. The zero-order valence-corrected chi connectivity index (χ0v) is 15.4. The molecule has 1 fully saturated rings. The number of piperidine rings is 1. The highest BCUT2D eigenvalue weighted by atomic mass is 16.2. The Labute approximate surface area is 158 Å². The van der Waals surface area contributed by atoms with Gasteiger partial charge in [-0.05, 0) is 55.5 Å². The minimum absolute atomic E-state index is 0.0145. The molecule has 1 atom stereocenters. The van der Waals surface area contributed by atoms with E-state index in [2.05, 4.69) is 10.3 Å². The molecule has 2 amide bonds. The number of carbonyl (C=O) groups is 2. The number of hydrogen-bond donors (Lipinski definition) is 2. The van der Waals surface area contributed by atoms with Crippen molar-refractivity contribution in [2.45, 2.75) is 19.8 Å². The summed E-state index contributed by atoms with van der Waals surface area (Å²) < 4.78 is 0. The molecule has 1 aliphatic rings. The lowest BCUT2D eigenvalue weighted by atomic mass is 9.96. The molecule has 2 heterocycles. The maximum Gasteiger partial charge on any atom is 0.253 e. The predicted molar refractivity (Wildman–Crippen MR) is 107 cm³/mol. The number of fused-ring (bicyclic) bond motifs is 1. The van der Waals surface area contributed by atoms with Gasteiger partial charge in [0.05, 0.1) is 5.92 Å². The van der Waals surface area contributed by atoms with E-state index in [1.807, 2.05) is 61.7 Å². The van der Waals surface area contributed by atoms with Crippen molar-refractivity contribution < 1.29 is 9.59 Å². The Morgan fingerprint density at radius 1 is 1.11 bits per heavy atom. The van der Waals surface area contributed by atoms with Gasteiger partial charge in [-0.3, -0.25) is 9.59 Å². The lowest BCUT2D eigenvalue weighted by molar-refractivity contribution is -0.121. The second-order valence-corrected chi connectivity index (χ2v) is 7.23. The second kappa shape index (κ2) is 7.27. The van der Waals surface area contributed by atoms with E-state index in [1.54, 1.807) is 4.90 Å². The van der Waals surface area contributed by atoms with E-state index in [4.69, 9.17) is 0 Å². The average Bonchev–Trinajstić information content (AvgIpc) is 3.17. The van der Waals surface area contributed by atoms with Crippen LogP contribution in [0.4, 0.5) is 5.69 Å². The number of aromatic amines is 1. The van der Waals surface area contributed by atoms with E-state index in [0.29, 0.717) is 18.7 Å². The lowest BCUT2D eigenvalue weighted by Crippen LogP contribution is -2.43. The Balaban J connectivity index is 1.44. The molecule has 0 bridgehead atoms. The Kier molecular flexibility index (Phi) is 4.67. The first-order valence-electron chi connectivity index (χ1n) is 9.34. The highest BCUT2D eigenvalue weighted by molar-refractivity contribution is 5.99. The first-order valence-corrected chi connectivity index (χ1v) is 9.34. The molecule has 0 aliphatic carbocycles.